The molecule has 0 radical (unpaired) electrons. The van der Waals surface area contributed by atoms with Gasteiger partial charge in [-0.3, -0.25) is 0 Å². The predicted molar refractivity (Wildman–Crippen MR) is 87.5 cm³/mol. The van der Waals surface area contributed by atoms with Gasteiger partial charge in [-0.25, -0.2) is 17.4 Å². The highest BCUT2D eigenvalue weighted by Gasteiger charge is 2.35. The molecule has 0 aliphatic rings. The van der Waals surface area contributed by atoms with E-state index in [0.29, 0.717) is 11.6 Å². The smallest absolute Gasteiger partial charge is 0.338 e. The number of nitrogens with one attached hydrogen (secondary N) is 1. The first-order valence-corrected chi connectivity index (χ1v) is 8.97. The fraction of sp³-hybridized carbons (Fsp3) is 0.143. The molecule has 2 aromatic heterocycles. The van der Waals surface area contributed by atoms with Crippen molar-refractivity contribution in [2.24, 2.45) is 0 Å². The summed E-state index contributed by atoms with van der Waals surface area (Å²) >= 11 is 5.60. The Bertz CT molecular complexity index is 1060. The van der Waals surface area contributed by atoms with E-state index in [9.17, 15) is 21.6 Å². The Balaban J connectivity index is 2.20. The summed E-state index contributed by atoms with van der Waals surface area (Å²) in [5.41, 5.74) is -0.785. The number of fused-ring (bicyclic) bond motifs is 1. The van der Waals surface area contributed by atoms with Crippen LogP contribution in [0.2, 0.25) is 5.28 Å². The minimum absolute atomic E-state index is 0.133. The van der Waals surface area contributed by atoms with Gasteiger partial charge in [0.1, 0.15) is 11.4 Å². The molecule has 132 valence electrons. The van der Waals surface area contributed by atoms with Crippen molar-refractivity contribution in [3.8, 4) is 0 Å². The summed E-state index contributed by atoms with van der Waals surface area (Å²) in [6.07, 6.45) is -1.83. The van der Waals surface area contributed by atoms with Crippen molar-refractivity contribution >= 4 is 44.0 Å². The number of anilines is 2. The van der Waals surface area contributed by atoms with Gasteiger partial charge < -0.3 is 5.32 Å². The summed E-state index contributed by atoms with van der Waals surface area (Å²) in [6.45, 7) is 0. The lowest BCUT2D eigenvalue weighted by Crippen LogP contribution is -2.13. The Kier molecular flexibility index (Phi) is 4.12. The van der Waals surface area contributed by atoms with Crippen LogP contribution in [0.5, 0.6) is 0 Å². The van der Waals surface area contributed by atoms with E-state index < -0.39 is 27.6 Å². The molecule has 0 fully saturated rings. The molecular weight excluding hydrogens is 381 g/mol. The zero-order valence-corrected chi connectivity index (χ0v) is 14.1. The summed E-state index contributed by atoms with van der Waals surface area (Å²) in [7, 11) is -3.65. The maximum Gasteiger partial charge on any atom is 0.421 e. The third kappa shape index (κ3) is 3.40. The lowest BCUT2D eigenvalue weighted by Gasteiger charge is -2.15. The van der Waals surface area contributed by atoms with Crippen molar-refractivity contribution in [2.75, 3.05) is 11.6 Å². The number of aromatic nitrogens is 3. The predicted octanol–water partition coefficient (Wildman–Crippen LogP) is 3.65. The summed E-state index contributed by atoms with van der Waals surface area (Å²) in [5, 5.41) is 2.68. The summed E-state index contributed by atoms with van der Waals surface area (Å²) in [6, 6.07) is 6.20. The van der Waals surface area contributed by atoms with Crippen LogP contribution in [-0.4, -0.2) is 28.6 Å². The van der Waals surface area contributed by atoms with Gasteiger partial charge in [-0.1, -0.05) is 12.1 Å². The Morgan fingerprint density at radius 3 is 2.60 bits per heavy atom. The van der Waals surface area contributed by atoms with E-state index in [0.717, 1.165) is 10.2 Å². The van der Waals surface area contributed by atoms with E-state index in [1.54, 1.807) is 18.2 Å². The van der Waals surface area contributed by atoms with Gasteiger partial charge in [0.25, 0.3) is 0 Å². The minimum Gasteiger partial charge on any atom is -0.338 e. The van der Waals surface area contributed by atoms with Crippen LogP contribution in [-0.2, 0) is 16.2 Å². The molecule has 3 aromatic rings. The standard InChI is InChI=1S/C14H10ClF3N4O2S/c1-25(23,24)22-6-5-8-3-2-4-10(11(8)22)20-12-9(14(16,17)18)7-19-13(15)21-12/h2-7H,1H3,(H,19,20,21). The number of rotatable bonds is 3. The number of hydrogen-bond acceptors (Lipinski definition) is 5. The molecule has 0 unspecified atom stereocenters. The highest BCUT2D eigenvalue weighted by molar-refractivity contribution is 7.89. The van der Waals surface area contributed by atoms with Crippen LogP contribution in [0.15, 0.2) is 36.7 Å². The highest BCUT2D eigenvalue weighted by Crippen LogP contribution is 2.36. The number of alkyl halides is 3. The van der Waals surface area contributed by atoms with Crippen molar-refractivity contribution in [1.29, 1.82) is 0 Å². The van der Waals surface area contributed by atoms with Crippen molar-refractivity contribution in [3.63, 3.8) is 0 Å². The molecule has 3 rings (SSSR count). The zero-order chi connectivity index (χ0) is 18.4. The molecule has 0 saturated carbocycles. The van der Waals surface area contributed by atoms with E-state index in [4.69, 9.17) is 11.6 Å². The summed E-state index contributed by atoms with van der Waals surface area (Å²) in [4.78, 5) is 6.93. The topological polar surface area (TPSA) is 76.9 Å². The lowest BCUT2D eigenvalue weighted by atomic mass is 10.2. The largest absolute Gasteiger partial charge is 0.421 e. The van der Waals surface area contributed by atoms with E-state index in [1.165, 1.54) is 12.3 Å². The zero-order valence-electron chi connectivity index (χ0n) is 12.5. The monoisotopic (exact) mass is 390 g/mol. The van der Waals surface area contributed by atoms with E-state index >= 15 is 0 Å². The van der Waals surface area contributed by atoms with Crippen molar-refractivity contribution < 1.29 is 21.6 Å². The molecule has 25 heavy (non-hydrogen) atoms. The molecule has 0 atom stereocenters. The Morgan fingerprint density at radius 1 is 1.24 bits per heavy atom. The quantitative estimate of drug-likeness (QED) is 0.691. The Hall–Kier alpha value is -2.33. The van der Waals surface area contributed by atoms with Gasteiger partial charge in [0.2, 0.25) is 15.3 Å². The number of para-hydroxylation sites is 1. The van der Waals surface area contributed by atoms with Crippen LogP contribution in [0.4, 0.5) is 24.7 Å². The lowest BCUT2D eigenvalue weighted by molar-refractivity contribution is -0.137. The summed E-state index contributed by atoms with van der Waals surface area (Å²) < 4.78 is 64.2. The number of nitrogens with zero attached hydrogens (tertiary/aromatic N) is 3. The van der Waals surface area contributed by atoms with Crippen LogP contribution < -0.4 is 5.32 Å². The molecule has 0 amide bonds. The molecule has 0 aliphatic carbocycles. The second-order valence-electron chi connectivity index (χ2n) is 5.14. The maximum absolute atomic E-state index is 13.1. The molecule has 1 N–H and O–H groups in total. The van der Waals surface area contributed by atoms with E-state index in [2.05, 4.69) is 15.3 Å². The molecule has 0 saturated heterocycles. The van der Waals surface area contributed by atoms with Crippen LogP contribution in [0.25, 0.3) is 10.9 Å². The fourth-order valence-electron chi connectivity index (χ4n) is 2.33. The number of halogens is 4. The van der Waals surface area contributed by atoms with Crippen LogP contribution >= 0.6 is 11.6 Å². The highest BCUT2D eigenvalue weighted by atomic mass is 35.5. The second-order valence-corrected chi connectivity index (χ2v) is 7.34. The molecule has 0 aliphatic heterocycles. The first kappa shape index (κ1) is 17.5. The number of benzene rings is 1. The molecule has 2 heterocycles. The van der Waals surface area contributed by atoms with Gasteiger partial charge in [-0.15, -0.1) is 0 Å². The molecular formula is C14H10ClF3N4O2S. The Morgan fingerprint density at radius 2 is 1.96 bits per heavy atom. The normalized spacial score (nSPS) is 12.5. The van der Waals surface area contributed by atoms with Gasteiger partial charge in [-0.2, -0.15) is 18.2 Å². The fourth-order valence-corrected chi connectivity index (χ4v) is 3.28. The Labute approximate surface area is 145 Å². The van der Waals surface area contributed by atoms with Gasteiger partial charge in [0, 0.05) is 17.8 Å². The van der Waals surface area contributed by atoms with E-state index in [-0.39, 0.29) is 16.5 Å². The molecule has 11 heteroatoms. The third-order valence-electron chi connectivity index (χ3n) is 3.35. The molecule has 0 spiro atoms. The molecule has 1 aromatic carbocycles. The van der Waals surface area contributed by atoms with E-state index in [1.807, 2.05) is 0 Å². The maximum atomic E-state index is 13.1. The second kappa shape index (κ2) is 5.88. The van der Waals surface area contributed by atoms with Gasteiger partial charge in [-0.05, 0) is 23.7 Å². The molecule has 0 bridgehead atoms. The van der Waals surface area contributed by atoms with Crippen LogP contribution in [0.1, 0.15) is 5.56 Å². The minimum atomic E-state index is -4.71. The SMILES string of the molecule is CS(=O)(=O)n1ccc2cccc(Nc3nc(Cl)ncc3C(F)(F)F)c21. The van der Waals surface area contributed by atoms with Gasteiger partial charge >= 0.3 is 6.18 Å². The average molecular weight is 391 g/mol. The first-order chi connectivity index (χ1) is 11.6. The molecule has 6 nitrogen and oxygen atoms in total. The average Bonchev–Trinajstić information content (AvgIpc) is 2.91. The van der Waals surface area contributed by atoms with Crippen molar-refractivity contribution in [1.82, 2.24) is 13.9 Å². The van der Waals surface area contributed by atoms with Gasteiger partial charge in [0.05, 0.1) is 17.5 Å². The van der Waals surface area contributed by atoms with Crippen molar-refractivity contribution in [2.45, 2.75) is 6.18 Å². The van der Waals surface area contributed by atoms with Crippen LogP contribution in [0, 0.1) is 0 Å². The number of hydrogen-bond donors (Lipinski definition) is 1. The first-order valence-electron chi connectivity index (χ1n) is 6.75. The summed E-state index contributed by atoms with van der Waals surface area (Å²) in [5.74, 6) is -0.568. The third-order valence-corrected chi connectivity index (χ3v) is 4.55. The van der Waals surface area contributed by atoms with Crippen LogP contribution in [0.3, 0.4) is 0 Å². The van der Waals surface area contributed by atoms with Gasteiger partial charge in [0.15, 0.2) is 0 Å². The van der Waals surface area contributed by atoms with Crippen molar-refractivity contribution in [3.05, 3.63) is 47.5 Å².